The molecule has 3 nitrogen and oxygen atoms in total. The van der Waals surface area contributed by atoms with Gasteiger partial charge in [0.1, 0.15) is 5.75 Å². The lowest BCUT2D eigenvalue weighted by Gasteiger charge is -2.27. The van der Waals surface area contributed by atoms with Gasteiger partial charge in [-0.25, -0.2) is 0 Å². The quantitative estimate of drug-likeness (QED) is 0.218. The molecule has 35 heavy (non-hydrogen) atoms. The Hall–Kier alpha value is -3.24. The van der Waals surface area contributed by atoms with Crippen LogP contribution in [-0.4, -0.2) is 25.7 Å². The number of allylic oxidation sites excluding steroid dienone is 1. The summed E-state index contributed by atoms with van der Waals surface area (Å²) in [5, 5.41) is 3.33. The molecular weight excluding hydrogens is 437 g/mol. The fourth-order valence-corrected chi connectivity index (χ4v) is 4.21. The summed E-state index contributed by atoms with van der Waals surface area (Å²) in [5.74, 6) is 0.814. The van der Waals surface area contributed by atoms with E-state index >= 15 is 0 Å². The van der Waals surface area contributed by atoms with E-state index in [4.69, 9.17) is 4.74 Å². The highest BCUT2D eigenvalue weighted by Crippen LogP contribution is 2.36. The molecule has 182 valence electrons. The van der Waals surface area contributed by atoms with Crippen molar-refractivity contribution in [3.63, 3.8) is 0 Å². The van der Waals surface area contributed by atoms with Crippen LogP contribution in [0.5, 0.6) is 5.75 Å². The molecule has 3 aromatic rings. The summed E-state index contributed by atoms with van der Waals surface area (Å²) in [5.41, 5.74) is 6.15. The van der Waals surface area contributed by atoms with Crippen LogP contribution >= 0.6 is 0 Å². The van der Waals surface area contributed by atoms with E-state index in [0.29, 0.717) is 24.5 Å². The van der Waals surface area contributed by atoms with Crippen molar-refractivity contribution in [3.8, 4) is 5.75 Å². The number of alkyl halides is 1. The van der Waals surface area contributed by atoms with Crippen molar-refractivity contribution >= 4 is 17.1 Å². The zero-order valence-corrected chi connectivity index (χ0v) is 20.8. The molecule has 0 unspecified atom stereocenters. The fourth-order valence-electron chi connectivity index (χ4n) is 4.21. The number of carbonyl (C=O) groups excluding carboxylic acids is 1. The van der Waals surface area contributed by atoms with Crippen LogP contribution in [0.3, 0.4) is 0 Å². The Morgan fingerprint density at radius 2 is 1.49 bits per heavy atom. The van der Waals surface area contributed by atoms with Gasteiger partial charge in [-0.3, -0.25) is 9.18 Å². The van der Waals surface area contributed by atoms with E-state index in [1.165, 1.54) is 5.56 Å². The predicted octanol–water partition coefficient (Wildman–Crippen LogP) is 7.03. The van der Waals surface area contributed by atoms with Gasteiger partial charge in [0, 0.05) is 19.0 Å². The van der Waals surface area contributed by atoms with Crippen molar-refractivity contribution in [1.29, 1.82) is 0 Å². The molecule has 4 heteroatoms. The second kappa shape index (κ2) is 11.0. The van der Waals surface area contributed by atoms with E-state index in [2.05, 4.69) is 41.7 Å². The highest BCUT2D eigenvalue weighted by atomic mass is 19.1. The molecule has 1 saturated heterocycles. The first-order valence-corrected chi connectivity index (χ1v) is 12.3. The number of carbonyl (C=O) groups is 1. The molecule has 0 spiro atoms. The van der Waals surface area contributed by atoms with Gasteiger partial charge in [-0.2, -0.15) is 0 Å². The number of hydrogen-bond acceptors (Lipinski definition) is 3. The molecule has 0 saturated carbocycles. The number of ether oxygens (including phenoxy) is 1. The summed E-state index contributed by atoms with van der Waals surface area (Å²) < 4.78 is 18.9. The van der Waals surface area contributed by atoms with Gasteiger partial charge in [0.05, 0.1) is 12.1 Å². The maximum absolute atomic E-state index is 13.3. The van der Waals surface area contributed by atoms with E-state index in [-0.39, 0.29) is 12.6 Å². The maximum atomic E-state index is 13.3. The van der Waals surface area contributed by atoms with Gasteiger partial charge in [-0.1, -0.05) is 66.7 Å². The highest BCUT2D eigenvalue weighted by molar-refractivity contribution is 5.98. The summed E-state index contributed by atoms with van der Waals surface area (Å²) in [6.07, 6.45) is 1.09. The summed E-state index contributed by atoms with van der Waals surface area (Å²) in [4.78, 5) is 12.3. The smallest absolute Gasteiger partial charge is 0.316 e. The lowest BCUT2D eigenvalue weighted by Crippen LogP contribution is -2.39. The third-order valence-electron chi connectivity index (χ3n) is 6.40. The van der Waals surface area contributed by atoms with Crippen LogP contribution < -0.4 is 10.1 Å². The number of rotatable bonds is 8. The Labute approximate surface area is 208 Å². The topological polar surface area (TPSA) is 38.3 Å². The molecule has 1 heterocycles. The van der Waals surface area contributed by atoms with E-state index in [1.807, 2.05) is 63.2 Å². The van der Waals surface area contributed by atoms with E-state index in [9.17, 15) is 9.18 Å². The molecule has 0 atom stereocenters. The van der Waals surface area contributed by atoms with E-state index in [0.717, 1.165) is 40.9 Å². The van der Waals surface area contributed by atoms with Crippen molar-refractivity contribution in [2.45, 2.75) is 39.5 Å². The average Bonchev–Trinajstić information content (AvgIpc) is 2.82. The van der Waals surface area contributed by atoms with Crippen LogP contribution in [0.1, 0.15) is 61.8 Å². The van der Waals surface area contributed by atoms with Crippen molar-refractivity contribution < 1.29 is 13.9 Å². The number of halogens is 1. The van der Waals surface area contributed by atoms with Gasteiger partial charge in [-0.05, 0) is 79.1 Å². The van der Waals surface area contributed by atoms with E-state index in [1.54, 1.807) is 0 Å². The number of hydrogen-bond donors (Lipinski definition) is 1. The largest absolute Gasteiger partial charge is 0.426 e. The monoisotopic (exact) mass is 471 g/mol. The highest BCUT2D eigenvalue weighted by Gasteiger charge is 2.24. The van der Waals surface area contributed by atoms with Gasteiger partial charge < -0.3 is 10.1 Å². The first-order valence-electron chi connectivity index (χ1n) is 12.3. The molecule has 0 aromatic heterocycles. The third kappa shape index (κ3) is 6.07. The normalized spacial score (nSPS) is 14.7. The van der Waals surface area contributed by atoms with Gasteiger partial charge >= 0.3 is 5.97 Å². The molecule has 1 fully saturated rings. The molecule has 0 radical (unpaired) electrons. The SMILES string of the molecule is CC(C)(C)C(=O)Oc1ccc(/C(=C(\CCCF)c2ccccc2)c2ccc(C3CNC3)cc2)cc1. The maximum Gasteiger partial charge on any atom is 0.316 e. The number of esters is 1. The van der Waals surface area contributed by atoms with Crippen LogP contribution in [0.25, 0.3) is 11.1 Å². The van der Waals surface area contributed by atoms with Crippen LogP contribution in [-0.2, 0) is 4.79 Å². The zero-order valence-electron chi connectivity index (χ0n) is 20.8. The Morgan fingerprint density at radius 1 is 0.886 bits per heavy atom. The summed E-state index contributed by atoms with van der Waals surface area (Å²) in [7, 11) is 0. The number of benzene rings is 3. The molecule has 0 bridgehead atoms. The molecule has 0 aliphatic carbocycles. The van der Waals surface area contributed by atoms with Crippen molar-refractivity contribution in [2.24, 2.45) is 5.41 Å². The minimum Gasteiger partial charge on any atom is -0.426 e. The lowest BCUT2D eigenvalue weighted by molar-refractivity contribution is -0.142. The summed E-state index contributed by atoms with van der Waals surface area (Å²) in [6, 6.07) is 26.6. The second-order valence-corrected chi connectivity index (χ2v) is 10.2. The summed E-state index contributed by atoms with van der Waals surface area (Å²) >= 11 is 0. The van der Waals surface area contributed by atoms with Crippen molar-refractivity contribution in [1.82, 2.24) is 5.32 Å². The second-order valence-electron chi connectivity index (χ2n) is 10.2. The standard InChI is InChI=1S/C31H34FNO2/c1-31(2,3)30(34)35-27-17-15-25(16-18-27)29(24-13-11-22(12-14-24)26-20-33-21-26)28(10-7-19-32)23-8-5-4-6-9-23/h4-6,8-9,11-18,26,33H,7,10,19-21H2,1-3H3/b29-28+. The molecule has 4 rings (SSSR count). The molecule has 1 aliphatic heterocycles. The van der Waals surface area contributed by atoms with Gasteiger partial charge in [-0.15, -0.1) is 0 Å². The lowest BCUT2D eigenvalue weighted by atomic mass is 9.85. The Morgan fingerprint density at radius 3 is 2.00 bits per heavy atom. The third-order valence-corrected chi connectivity index (χ3v) is 6.40. The molecule has 0 amide bonds. The first kappa shape index (κ1) is 24.9. The van der Waals surface area contributed by atoms with Crippen LogP contribution in [0.2, 0.25) is 0 Å². The van der Waals surface area contributed by atoms with Crippen LogP contribution in [0, 0.1) is 5.41 Å². The van der Waals surface area contributed by atoms with Gasteiger partial charge in [0.15, 0.2) is 0 Å². The van der Waals surface area contributed by atoms with E-state index < -0.39 is 5.41 Å². The Balaban J connectivity index is 1.77. The van der Waals surface area contributed by atoms with Crippen molar-refractivity contribution in [3.05, 3.63) is 101 Å². The average molecular weight is 472 g/mol. The van der Waals surface area contributed by atoms with Gasteiger partial charge in [0.2, 0.25) is 0 Å². The summed E-state index contributed by atoms with van der Waals surface area (Å²) in [6.45, 7) is 7.19. The zero-order chi connectivity index (χ0) is 24.8. The fraction of sp³-hybridized carbons (Fsp3) is 0.323. The molecule has 3 aromatic carbocycles. The Kier molecular flexibility index (Phi) is 7.82. The molecule has 1 N–H and O–H groups in total. The molecule has 1 aliphatic rings. The minimum absolute atomic E-state index is 0.269. The number of nitrogens with one attached hydrogen (secondary N) is 1. The van der Waals surface area contributed by atoms with Gasteiger partial charge in [0.25, 0.3) is 0 Å². The van der Waals surface area contributed by atoms with Crippen LogP contribution in [0.15, 0.2) is 78.9 Å². The van der Waals surface area contributed by atoms with Crippen molar-refractivity contribution in [2.75, 3.05) is 19.8 Å². The predicted molar refractivity (Wildman–Crippen MR) is 141 cm³/mol. The Bertz CT molecular complexity index is 1160. The van der Waals surface area contributed by atoms with Crippen LogP contribution in [0.4, 0.5) is 4.39 Å². The minimum atomic E-state index is -0.575. The first-order chi connectivity index (χ1) is 16.9. The molecular formula is C31H34FNO2.